The zero-order valence-corrected chi connectivity index (χ0v) is 7.38. The van der Waals surface area contributed by atoms with E-state index < -0.39 is 11.6 Å². The summed E-state index contributed by atoms with van der Waals surface area (Å²) in [6.07, 6.45) is 1.23. The van der Waals surface area contributed by atoms with Crippen molar-refractivity contribution in [2.75, 3.05) is 12.4 Å². The highest BCUT2D eigenvalue weighted by Crippen LogP contribution is 2.22. The van der Waals surface area contributed by atoms with Gasteiger partial charge in [-0.3, -0.25) is 0 Å². The Morgan fingerprint density at radius 1 is 1.21 bits per heavy atom. The molecular formula is C9H7F2N3. The summed E-state index contributed by atoms with van der Waals surface area (Å²) in [4.78, 5) is 7.59. The molecule has 0 amide bonds. The highest BCUT2D eigenvalue weighted by atomic mass is 19.1. The van der Waals surface area contributed by atoms with Crippen LogP contribution in [0.3, 0.4) is 0 Å². The fraction of sp³-hybridized carbons (Fsp3) is 0.111. The predicted octanol–water partition coefficient (Wildman–Crippen LogP) is 1.95. The van der Waals surface area contributed by atoms with Crippen molar-refractivity contribution < 1.29 is 8.78 Å². The maximum Gasteiger partial charge on any atom is 0.152 e. The van der Waals surface area contributed by atoms with Gasteiger partial charge >= 0.3 is 0 Å². The van der Waals surface area contributed by atoms with Crippen molar-refractivity contribution >= 4 is 16.7 Å². The lowest BCUT2D eigenvalue weighted by atomic mass is 10.2. The summed E-state index contributed by atoms with van der Waals surface area (Å²) in [6.45, 7) is 0. The lowest BCUT2D eigenvalue weighted by Gasteiger charge is -2.04. The SMILES string of the molecule is CNc1ncnc2c(F)cc(F)cc12. The maximum atomic E-state index is 13.2. The van der Waals surface area contributed by atoms with Crippen molar-refractivity contribution in [3.8, 4) is 0 Å². The normalized spacial score (nSPS) is 10.5. The monoisotopic (exact) mass is 195 g/mol. The van der Waals surface area contributed by atoms with Crippen molar-refractivity contribution in [3.05, 3.63) is 30.1 Å². The smallest absolute Gasteiger partial charge is 0.152 e. The molecule has 5 heteroatoms. The van der Waals surface area contributed by atoms with Gasteiger partial charge in [0.1, 0.15) is 23.5 Å². The Morgan fingerprint density at radius 2 is 2.00 bits per heavy atom. The van der Waals surface area contributed by atoms with Gasteiger partial charge in [0.05, 0.1) is 0 Å². The Hall–Kier alpha value is -1.78. The van der Waals surface area contributed by atoms with Crippen molar-refractivity contribution in [2.24, 2.45) is 0 Å². The first-order chi connectivity index (χ1) is 6.72. The quantitative estimate of drug-likeness (QED) is 0.755. The summed E-state index contributed by atoms with van der Waals surface area (Å²) in [5.74, 6) is -0.909. The Kier molecular flexibility index (Phi) is 1.99. The molecule has 0 radical (unpaired) electrons. The number of benzene rings is 1. The van der Waals surface area contributed by atoms with Gasteiger partial charge in [0, 0.05) is 18.5 Å². The summed E-state index contributed by atoms with van der Waals surface area (Å²) in [5, 5.41) is 3.08. The van der Waals surface area contributed by atoms with E-state index in [1.807, 2.05) is 0 Å². The minimum absolute atomic E-state index is 0.116. The van der Waals surface area contributed by atoms with Gasteiger partial charge < -0.3 is 5.32 Å². The molecule has 0 unspecified atom stereocenters. The molecule has 1 aromatic carbocycles. The number of anilines is 1. The summed E-state index contributed by atoms with van der Waals surface area (Å²) in [5.41, 5.74) is 0.116. The molecule has 3 nitrogen and oxygen atoms in total. The number of halogens is 2. The second-order valence-electron chi connectivity index (χ2n) is 2.76. The number of nitrogens with one attached hydrogen (secondary N) is 1. The van der Waals surface area contributed by atoms with Crippen molar-refractivity contribution in [1.29, 1.82) is 0 Å². The fourth-order valence-corrected chi connectivity index (χ4v) is 1.29. The molecule has 0 aliphatic heterocycles. The Bertz CT molecular complexity index is 485. The third-order valence-electron chi connectivity index (χ3n) is 1.89. The summed E-state index contributed by atoms with van der Waals surface area (Å²) >= 11 is 0. The van der Waals surface area contributed by atoms with Crippen molar-refractivity contribution in [3.63, 3.8) is 0 Å². The molecule has 0 aliphatic rings. The van der Waals surface area contributed by atoms with Crippen LogP contribution in [0.1, 0.15) is 0 Å². The molecule has 72 valence electrons. The molecular weight excluding hydrogens is 188 g/mol. The molecule has 0 spiro atoms. The van der Waals surface area contributed by atoms with Gasteiger partial charge in [-0.2, -0.15) is 0 Å². The Morgan fingerprint density at radius 3 is 2.71 bits per heavy atom. The van der Waals surface area contributed by atoms with Gasteiger partial charge in [-0.05, 0) is 6.07 Å². The maximum absolute atomic E-state index is 13.2. The molecule has 14 heavy (non-hydrogen) atoms. The highest BCUT2D eigenvalue weighted by molar-refractivity contribution is 5.89. The summed E-state index contributed by atoms with van der Waals surface area (Å²) < 4.78 is 26.1. The van der Waals surface area contributed by atoms with Gasteiger partial charge in [0.25, 0.3) is 0 Å². The lowest BCUT2D eigenvalue weighted by molar-refractivity contribution is 0.590. The zero-order valence-electron chi connectivity index (χ0n) is 7.38. The number of hydrogen-bond acceptors (Lipinski definition) is 3. The molecule has 0 bridgehead atoms. The van der Waals surface area contributed by atoms with Crippen LogP contribution in [0.5, 0.6) is 0 Å². The third-order valence-corrected chi connectivity index (χ3v) is 1.89. The van der Waals surface area contributed by atoms with E-state index in [0.717, 1.165) is 6.07 Å². The first-order valence-electron chi connectivity index (χ1n) is 4.00. The molecule has 0 fully saturated rings. The average molecular weight is 195 g/mol. The van der Waals surface area contributed by atoms with E-state index in [-0.39, 0.29) is 5.52 Å². The van der Waals surface area contributed by atoms with Crippen LogP contribution in [-0.4, -0.2) is 17.0 Å². The summed E-state index contributed by atoms with van der Waals surface area (Å²) in [6, 6.07) is 2.00. The standard InChI is InChI=1S/C9H7F2N3/c1-12-9-6-2-5(10)3-7(11)8(6)13-4-14-9/h2-4H,1H3,(H,12,13,14). The molecule has 0 saturated carbocycles. The number of rotatable bonds is 1. The minimum atomic E-state index is -0.682. The van der Waals surface area contributed by atoms with Crippen molar-refractivity contribution in [2.45, 2.75) is 0 Å². The Balaban J connectivity index is 2.86. The van der Waals surface area contributed by atoms with Crippen molar-refractivity contribution in [1.82, 2.24) is 9.97 Å². The second-order valence-corrected chi connectivity index (χ2v) is 2.76. The second kappa shape index (κ2) is 3.17. The van der Waals surface area contributed by atoms with Crippen LogP contribution in [0.25, 0.3) is 10.9 Å². The molecule has 1 N–H and O–H groups in total. The molecule has 1 aromatic heterocycles. The van der Waals surface area contributed by atoms with Crippen LogP contribution >= 0.6 is 0 Å². The van der Waals surface area contributed by atoms with Crippen LogP contribution in [0.2, 0.25) is 0 Å². The van der Waals surface area contributed by atoms with E-state index in [1.54, 1.807) is 7.05 Å². The first kappa shape index (κ1) is 8.80. The van der Waals surface area contributed by atoms with Crippen LogP contribution in [0.15, 0.2) is 18.5 Å². The van der Waals surface area contributed by atoms with Crippen LogP contribution in [0, 0.1) is 11.6 Å². The van der Waals surface area contributed by atoms with Gasteiger partial charge in [0.2, 0.25) is 0 Å². The van der Waals surface area contributed by atoms with Crippen LogP contribution < -0.4 is 5.32 Å². The summed E-state index contributed by atoms with van der Waals surface area (Å²) in [7, 11) is 1.63. The van der Waals surface area contributed by atoms with E-state index in [0.29, 0.717) is 11.2 Å². The van der Waals surface area contributed by atoms with Crippen LogP contribution in [0.4, 0.5) is 14.6 Å². The largest absolute Gasteiger partial charge is 0.373 e. The molecule has 1 heterocycles. The molecule has 0 atom stereocenters. The molecule has 2 aromatic rings. The third kappa shape index (κ3) is 1.26. The highest BCUT2D eigenvalue weighted by Gasteiger charge is 2.08. The zero-order chi connectivity index (χ0) is 10.1. The van der Waals surface area contributed by atoms with Gasteiger partial charge in [-0.15, -0.1) is 0 Å². The van der Waals surface area contributed by atoms with E-state index in [4.69, 9.17) is 0 Å². The predicted molar refractivity (Wildman–Crippen MR) is 49.0 cm³/mol. The minimum Gasteiger partial charge on any atom is -0.373 e. The fourth-order valence-electron chi connectivity index (χ4n) is 1.29. The van der Waals surface area contributed by atoms with E-state index >= 15 is 0 Å². The van der Waals surface area contributed by atoms with Gasteiger partial charge in [0.15, 0.2) is 5.82 Å². The van der Waals surface area contributed by atoms with Gasteiger partial charge in [-0.1, -0.05) is 0 Å². The first-order valence-corrected chi connectivity index (χ1v) is 4.00. The number of nitrogens with zero attached hydrogens (tertiary/aromatic N) is 2. The topological polar surface area (TPSA) is 37.8 Å². The van der Waals surface area contributed by atoms with Gasteiger partial charge in [-0.25, -0.2) is 18.7 Å². The van der Waals surface area contributed by atoms with E-state index in [1.165, 1.54) is 12.4 Å². The Labute approximate surface area is 78.8 Å². The van der Waals surface area contributed by atoms with E-state index in [9.17, 15) is 8.78 Å². The average Bonchev–Trinajstić information content (AvgIpc) is 2.17. The van der Waals surface area contributed by atoms with Crippen LogP contribution in [-0.2, 0) is 0 Å². The molecule has 2 rings (SSSR count). The number of hydrogen-bond donors (Lipinski definition) is 1. The molecule has 0 aliphatic carbocycles. The molecule has 0 saturated heterocycles. The number of aromatic nitrogens is 2. The van der Waals surface area contributed by atoms with E-state index in [2.05, 4.69) is 15.3 Å². The number of fused-ring (bicyclic) bond motifs is 1. The lowest BCUT2D eigenvalue weighted by Crippen LogP contribution is -1.96.